The molecule has 0 radical (unpaired) electrons. The van der Waals surface area contributed by atoms with Crippen LogP contribution in [0.4, 0.5) is 0 Å². The van der Waals surface area contributed by atoms with Crippen molar-refractivity contribution in [1.29, 1.82) is 0 Å². The van der Waals surface area contributed by atoms with Crippen molar-refractivity contribution in [3.05, 3.63) is 35.5 Å². The first kappa shape index (κ1) is 12.9. The van der Waals surface area contributed by atoms with E-state index in [0.29, 0.717) is 6.61 Å². The lowest BCUT2D eigenvalue weighted by Crippen LogP contribution is -2.18. The molecule has 1 aromatic carbocycles. The minimum Gasteiger partial charge on any atom is -0.465 e. The van der Waals surface area contributed by atoms with E-state index in [9.17, 15) is 4.79 Å². The van der Waals surface area contributed by atoms with Gasteiger partial charge >= 0.3 is 5.97 Å². The van der Waals surface area contributed by atoms with Crippen LogP contribution in [-0.2, 0) is 16.0 Å². The summed E-state index contributed by atoms with van der Waals surface area (Å²) in [5, 5.41) is 1.18. The number of carbonyl (C=O) groups is 1. The van der Waals surface area contributed by atoms with E-state index < -0.39 is 5.92 Å². The van der Waals surface area contributed by atoms with E-state index >= 15 is 0 Å². The average molecular weight is 270 g/mol. The molecule has 0 bridgehead atoms. The molecule has 1 aromatic heterocycles. The van der Waals surface area contributed by atoms with Crippen molar-refractivity contribution in [3.8, 4) is 0 Å². The van der Waals surface area contributed by atoms with Gasteiger partial charge < -0.3 is 9.72 Å². The zero-order valence-corrected chi connectivity index (χ0v) is 11.7. The standard InChI is InChI=1S/C16H18N2O2/c1-3-20-16(19)13-9-17-10(2)8-12-11-6-4-5-7-14(11)18-15(12)13/h4-7,9-10,13,18H,3,8H2,1-2H3. The summed E-state index contributed by atoms with van der Waals surface area (Å²) in [6.07, 6.45) is 2.57. The largest absolute Gasteiger partial charge is 0.465 e. The van der Waals surface area contributed by atoms with Crippen LogP contribution < -0.4 is 0 Å². The van der Waals surface area contributed by atoms with Crippen LogP contribution in [0.3, 0.4) is 0 Å². The topological polar surface area (TPSA) is 54.4 Å². The van der Waals surface area contributed by atoms with Crippen LogP contribution in [0.15, 0.2) is 29.3 Å². The number of H-pyrrole nitrogens is 1. The third kappa shape index (κ3) is 2.11. The van der Waals surface area contributed by atoms with Gasteiger partial charge in [0.25, 0.3) is 0 Å². The minimum atomic E-state index is -0.428. The molecule has 104 valence electrons. The maximum atomic E-state index is 12.2. The molecule has 4 nitrogen and oxygen atoms in total. The average Bonchev–Trinajstić information content (AvgIpc) is 2.69. The van der Waals surface area contributed by atoms with Crippen molar-refractivity contribution in [3.63, 3.8) is 0 Å². The van der Waals surface area contributed by atoms with Crippen LogP contribution in [0.25, 0.3) is 10.9 Å². The summed E-state index contributed by atoms with van der Waals surface area (Å²) in [7, 11) is 0. The Kier molecular flexibility index (Phi) is 3.30. The minimum absolute atomic E-state index is 0.174. The van der Waals surface area contributed by atoms with Gasteiger partial charge in [-0.1, -0.05) is 18.2 Å². The molecule has 1 N–H and O–H groups in total. The van der Waals surface area contributed by atoms with Crippen molar-refractivity contribution in [1.82, 2.24) is 4.98 Å². The van der Waals surface area contributed by atoms with E-state index in [1.807, 2.05) is 25.1 Å². The maximum Gasteiger partial charge on any atom is 0.320 e. The van der Waals surface area contributed by atoms with Gasteiger partial charge in [0.2, 0.25) is 0 Å². The summed E-state index contributed by atoms with van der Waals surface area (Å²) in [6.45, 7) is 4.27. The molecule has 1 aliphatic heterocycles. The van der Waals surface area contributed by atoms with Crippen LogP contribution in [0.2, 0.25) is 0 Å². The number of hydrogen-bond acceptors (Lipinski definition) is 3. The predicted octanol–water partition coefficient (Wildman–Crippen LogP) is 2.83. The summed E-state index contributed by atoms with van der Waals surface area (Å²) < 4.78 is 5.17. The summed E-state index contributed by atoms with van der Waals surface area (Å²) in [5.74, 6) is -0.666. The van der Waals surface area contributed by atoms with Crippen LogP contribution in [0.5, 0.6) is 0 Å². The van der Waals surface area contributed by atoms with Crippen molar-refractivity contribution >= 4 is 23.1 Å². The Labute approximate surface area is 117 Å². The van der Waals surface area contributed by atoms with E-state index in [1.54, 1.807) is 6.21 Å². The van der Waals surface area contributed by atoms with Crippen LogP contribution in [-0.4, -0.2) is 29.8 Å². The van der Waals surface area contributed by atoms with E-state index in [1.165, 1.54) is 10.9 Å². The molecule has 2 atom stereocenters. The molecule has 2 aromatic rings. The van der Waals surface area contributed by atoms with Crippen LogP contribution >= 0.6 is 0 Å². The van der Waals surface area contributed by atoms with E-state index in [0.717, 1.165) is 17.6 Å². The molecule has 0 saturated heterocycles. The normalized spacial score (nSPS) is 21.5. The van der Waals surface area contributed by atoms with Gasteiger partial charge in [-0.15, -0.1) is 0 Å². The first-order valence-corrected chi connectivity index (χ1v) is 7.00. The molecule has 0 amide bonds. The first-order chi connectivity index (χ1) is 9.70. The van der Waals surface area contributed by atoms with Gasteiger partial charge in [0, 0.05) is 22.8 Å². The van der Waals surface area contributed by atoms with Crippen LogP contribution in [0, 0.1) is 0 Å². The van der Waals surface area contributed by atoms with E-state index in [2.05, 4.69) is 23.0 Å². The van der Waals surface area contributed by atoms with Gasteiger partial charge in [-0.2, -0.15) is 0 Å². The molecule has 0 saturated carbocycles. The molecule has 2 unspecified atom stereocenters. The molecule has 2 heterocycles. The number of benzene rings is 1. The number of hydrogen-bond donors (Lipinski definition) is 1. The fourth-order valence-corrected chi connectivity index (χ4v) is 2.77. The lowest BCUT2D eigenvalue weighted by molar-refractivity contribution is -0.143. The molecule has 1 aliphatic rings. The number of nitrogens with zero attached hydrogens (tertiary/aromatic N) is 1. The number of carbonyl (C=O) groups excluding carboxylic acids is 1. The molecule has 0 fully saturated rings. The number of aromatic amines is 1. The van der Waals surface area contributed by atoms with Gasteiger partial charge in [0.15, 0.2) is 0 Å². The van der Waals surface area contributed by atoms with Gasteiger partial charge in [-0.3, -0.25) is 9.79 Å². The highest BCUT2D eigenvalue weighted by Gasteiger charge is 2.28. The molecule has 3 rings (SSSR count). The number of ether oxygens (including phenoxy) is 1. The number of esters is 1. The third-order valence-corrected chi connectivity index (χ3v) is 3.69. The quantitative estimate of drug-likeness (QED) is 0.853. The molecular weight excluding hydrogens is 252 g/mol. The smallest absolute Gasteiger partial charge is 0.320 e. The van der Waals surface area contributed by atoms with Gasteiger partial charge in [-0.05, 0) is 31.9 Å². The Morgan fingerprint density at radius 3 is 3.05 bits per heavy atom. The first-order valence-electron chi connectivity index (χ1n) is 7.00. The van der Waals surface area contributed by atoms with Crippen molar-refractivity contribution in [2.45, 2.75) is 32.2 Å². The summed E-state index contributed by atoms with van der Waals surface area (Å²) in [6, 6.07) is 8.31. The molecule has 4 heteroatoms. The lowest BCUT2D eigenvalue weighted by atomic mass is 9.98. The SMILES string of the molecule is CCOC(=O)C1C=NC(C)Cc2c1[nH]c1ccccc21. The van der Waals surface area contributed by atoms with Crippen molar-refractivity contribution in [2.24, 2.45) is 4.99 Å². The summed E-state index contributed by atoms with van der Waals surface area (Å²) in [5.41, 5.74) is 3.18. The fraction of sp³-hybridized carbons (Fsp3) is 0.375. The Hall–Kier alpha value is -2.10. The van der Waals surface area contributed by atoms with E-state index in [-0.39, 0.29) is 12.0 Å². The number of fused-ring (bicyclic) bond motifs is 3. The monoisotopic (exact) mass is 270 g/mol. The highest BCUT2D eigenvalue weighted by molar-refractivity contribution is 5.99. The number of para-hydroxylation sites is 1. The molecule has 0 spiro atoms. The Balaban J connectivity index is 2.15. The number of rotatable bonds is 2. The summed E-state index contributed by atoms with van der Waals surface area (Å²) >= 11 is 0. The van der Waals surface area contributed by atoms with Crippen molar-refractivity contribution in [2.75, 3.05) is 6.61 Å². The maximum absolute atomic E-state index is 12.2. The highest BCUT2D eigenvalue weighted by Crippen LogP contribution is 2.31. The fourth-order valence-electron chi connectivity index (χ4n) is 2.77. The Morgan fingerprint density at radius 1 is 1.45 bits per heavy atom. The third-order valence-electron chi connectivity index (χ3n) is 3.69. The van der Waals surface area contributed by atoms with Gasteiger partial charge in [0.1, 0.15) is 5.92 Å². The zero-order chi connectivity index (χ0) is 14.1. The lowest BCUT2D eigenvalue weighted by Gasteiger charge is -2.10. The molecule has 0 aliphatic carbocycles. The second kappa shape index (κ2) is 5.12. The van der Waals surface area contributed by atoms with Gasteiger partial charge in [-0.25, -0.2) is 0 Å². The van der Waals surface area contributed by atoms with Crippen molar-refractivity contribution < 1.29 is 9.53 Å². The Morgan fingerprint density at radius 2 is 2.25 bits per heavy atom. The molecular formula is C16H18N2O2. The number of aliphatic imine (C=N–C) groups is 1. The second-order valence-corrected chi connectivity index (χ2v) is 5.14. The number of nitrogens with one attached hydrogen (secondary N) is 1. The predicted molar refractivity (Wildman–Crippen MR) is 79.3 cm³/mol. The second-order valence-electron chi connectivity index (χ2n) is 5.14. The zero-order valence-electron chi connectivity index (χ0n) is 11.7. The highest BCUT2D eigenvalue weighted by atomic mass is 16.5. The number of aromatic nitrogens is 1. The molecule has 20 heavy (non-hydrogen) atoms. The van der Waals surface area contributed by atoms with Gasteiger partial charge in [0.05, 0.1) is 12.6 Å². The Bertz CT molecular complexity index is 672. The van der Waals surface area contributed by atoms with Crippen LogP contribution in [0.1, 0.15) is 31.0 Å². The van der Waals surface area contributed by atoms with E-state index in [4.69, 9.17) is 4.74 Å². The summed E-state index contributed by atoms with van der Waals surface area (Å²) in [4.78, 5) is 20.0.